The fourth-order valence-corrected chi connectivity index (χ4v) is 5.42. The lowest BCUT2D eigenvalue weighted by molar-refractivity contribution is -0.332. The first-order valence-electron chi connectivity index (χ1n) is 17.9. The molecule has 49 heavy (non-hydrogen) atoms. The number of aliphatic hydroxyl groups is 7. The van der Waals surface area contributed by atoms with Gasteiger partial charge in [0.05, 0.1) is 26.4 Å². The van der Waals surface area contributed by atoms with E-state index in [0.717, 1.165) is 44.9 Å². The van der Waals surface area contributed by atoms with Crippen molar-refractivity contribution in [3.63, 3.8) is 0 Å². The van der Waals surface area contributed by atoms with Gasteiger partial charge in [-0.15, -0.1) is 0 Å². The molecule has 0 saturated carbocycles. The van der Waals surface area contributed by atoms with Crippen LogP contribution in [0.2, 0.25) is 0 Å². The first-order valence-corrected chi connectivity index (χ1v) is 17.9. The van der Waals surface area contributed by atoms with Gasteiger partial charge < -0.3 is 64.2 Å². The lowest BCUT2D eigenvalue weighted by Crippen LogP contribution is -2.61. The second-order valence-corrected chi connectivity index (χ2v) is 12.7. The SMILES string of the molecule is CCC/C=C\C/C=C\CCCCCCCCOCC(COC1OC(COC2OC(CO)C(O)C(O)C2O)C(O)C(O)C1O)OC(=O)CCC. The summed E-state index contributed by atoms with van der Waals surface area (Å²) in [5.74, 6) is -0.436. The minimum atomic E-state index is -1.70. The fraction of sp³-hybridized carbons (Fsp3) is 0.857. The predicted octanol–water partition coefficient (Wildman–Crippen LogP) is 1.39. The molecule has 0 radical (unpaired) electrons. The highest BCUT2D eigenvalue weighted by Gasteiger charge is 2.47. The first kappa shape index (κ1) is 43.6. The lowest BCUT2D eigenvalue weighted by atomic mass is 9.98. The third-order valence-electron chi connectivity index (χ3n) is 8.41. The normalized spacial score (nSPS) is 31.4. The van der Waals surface area contributed by atoms with Crippen molar-refractivity contribution in [2.45, 2.75) is 158 Å². The molecule has 14 nitrogen and oxygen atoms in total. The highest BCUT2D eigenvalue weighted by molar-refractivity contribution is 5.69. The van der Waals surface area contributed by atoms with E-state index in [2.05, 4.69) is 31.2 Å². The van der Waals surface area contributed by atoms with Gasteiger partial charge in [-0.05, 0) is 38.5 Å². The number of unbranched alkanes of at least 4 members (excludes halogenated alkanes) is 7. The van der Waals surface area contributed by atoms with Gasteiger partial charge >= 0.3 is 5.97 Å². The fourth-order valence-electron chi connectivity index (χ4n) is 5.42. The van der Waals surface area contributed by atoms with Gasteiger partial charge in [0.2, 0.25) is 0 Å². The molecule has 0 aromatic heterocycles. The molecule has 2 aliphatic heterocycles. The van der Waals surface area contributed by atoms with E-state index in [4.69, 9.17) is 28.4 Å². The number of aliphatic hydroxyl groups excluding tert-OH is 7. The van der Waals surface area contributed by atoms with E-state index in [1.54, 1.807) is 0 Å². The zero-order valence-electron chi connectivity index (χ0n) is 29.2. The minimum absolute atomic E-state index is 0.0487. The van der Waals surface area contributed by atoms with Gasteiger partial charge in [0.15, 0.2) is 12.6 Å². The second kappa shape index (κ2) is 25.4. The van der Waals surface area contributed by atoms with Crippen LogP contribution >= 0.6 is 0 Å². The van der Waals surface area contributed by atoms with Crippen LogP contribution in [0.25, 0.3) is 0 Å². The maximum atomic E-state index is 12.2. The van der Waals surface area contributed by atoms with E-state index in [-0.39, 0.29) is 19.6 Å². The van der Waals surface area contributed by atoms with Crippen molar-refractivity contribution in [3.05, 3.63) is 24.3 Å². The van der Waals surface area contributed by atoms with E-state index in [1.165, 1.54) is 19.3 Å². The Morgan fingerprint density at radius 1 is 0.673 bits per heavy atom. The quantitative estimate of drug-likeness (QED) is 0.0406. The average molecular weight is 707 g/mol. The largest absolute Gasteiger partial charge is 0.457 e. The zero-order chi connectivity index (χ0) is 36.0. The van der Waals surface area contributed by atoms with Crippen LogP contribution in [0, 0.1) is 0 Å². The molecule has 0 aromatic rings. The summed E-state index contributed by atoms with van der Waals surface area (Å²) in [7, 11) is 0. The number of hydrogen-bond acceptors (Lipinski definition) is 14. The summed E-state index contributed by atoms with van der Waals surface area (Å²) in [5, 5.41) is 71.0. The Hall–Kier alpha value is -1.53. The Labute approximate surface area is 290 Å². The van der Waals surface area contributed by atoms with Crippen molar-refractivity contribution in [2.75, 3.05) is 33.0 Å². The monoisotopic (exact) mass is 706 g/mol. The van der Waals surface area contributed by atoms with Crippen molar-refractivity contribution >= 4 is 5.97 Å². The third-order valence-corrected chi connectivity index (χ3v) is 8.41. The molecule has 11 unspecified atom stereocenters. The van der Waals surface area contributed by atoms with Crippen LogP contribution in [0.5, 0.6) is 0 Å². The van der Waals surface area contributed by atoms with E-state index < -0.39 is 86.7 Å². The lowest BCUT2D eigenvalue weighted by Gasteiger charge is -2.42. The highest BCUT2D eigenvalue weighted by atomic mass is 16.7. The predicted molar refractivity (Wildman–Crippen MR) is 178 cm³/mol. The number of ether oxygens (including phenoxy) is 6. The smallest absolute Gasteiger partial charge is 0.306 e. The Morgan fingerprint density at radius 2 is 1.27 bits per heavy atom. The third kappa shape index (κ3) is 16.1. The summed E-state index contributed by atoms with van der Waals surface area (Å²) >= 11 is 0. The van der Waals surface area contributed by atoms with Gasteiger partial charge in [0.1, 0.15) is 54.9 Å². The molecule has 2 rings (SSSR count). The van der Waals surface area contributed by atoms with Crippen LogP contribution in [-0.4, -0.2) is 142 Å². The van der Waals surface area contributed by atoms with Crippen molar-refractivity contribution in [3.8, 4) is 0 Å². The van der Waals surface area contributed by atoms with Crippen molar-refractivity contribution < 1.29 is 69.0 Å². The van der Waals surface area contributed by atoms with Crippen LogP contribution in [0.3, 0.4) is 0 Å². The molecule has 0 aromatic carbocycles. The molecule has 11 atom stereocenters. The van der Waals surface area contributed by atoms with Crippen molar-refractivity contribution in [2.24, 2.45) is 0 Å². The number of esters is 1. The maximum Gasteiger partial charge on any atom is 0.306 e. The van der Waals surface area contributed by atoms with Crippen LogP contribution in [-0.2, 0) is 33.2 Å². The standard InChI is InChI=1S/C35H62O14/c1-3-5-6-7-8-9-10-11-12-13-14-15-16-17-19-44-21-24(47-27(37)18-4-2)22-45-34-33(43)31(41)29(39)26(49-34)23-46-35-32(42)30(40)28(38)25(20-36)48-35/h6-7,9-10,24-26,28-36,38-43H,3-5,8,11-23H2,1-2H3/b7-6-,10-9-. The van der Waals surface area contributed by atoms with Crippen molar-refractivity contribution in [1.82, 2.24) is 0 Å². The molecule has 0 spiro atoms. The molecule has 14 heteroatoms. The molecular formula is C35H62O14. The van der Waals surface area contributed by atoms with Crippen LogP contribution < -0.4 is 0 Å². The summed E-state index contributed by atoms with van der Waals surface area (Å²) in [4.78, 5) is 12.2. The molecule has 2 aliphatic rings. The molecular weight excluding hydrogens is 644 g/mol. The zero-order valence-corrected chi connectivity index (χ0v) is 29.2. The summed E-state index contributed by atoms with van der Waals surface area (Å²) in [6, 6.07) is 0. The molecule has 2 fully saturated rings. The molecule has 0 amide bonds. The minimum Gasteiger partial charge on any atom is -0.457 e. The molecule has 2 heterocycles. The number of carbonyl (C=O) groups is 1. The van der Waals surface area contributed by atoms with E-state index in [1.807, 2.05) is 6.92 Å². The summed E-state index contributed by atoms with van der Waals surface area (Å²) in [6.45, 7) is 3.17. The Bertz CT molecular complexity index is 917. The average Bonchev–Trinajstić information content (AvgIpc) is 3.09. The summed E-state index contributed by atoms with van der Waals surface area (Å²) < 4.78 is 33.4. The van der Waals surface area contributed by atoms with Gasteiger partial charge in [0.25, 0.3) is 0 Å². The van der Waals surface area contributed by atoms with Crippen molar-refractivity contribution in [1.29, 1.82) is 0 Å². The van der Waals surface area contributed by atoms with Crippen LogP contribution in [0.4, 0.5) is 0 Å². The molecule has 286 valence electrons. The molecule has 7 N–H and O–H groups in total. The van der Waals surface area contributed by atoms with Gasteiger partial charge in [0, 0.05) is 13.0 Å². The second-order valence-electron chi connectivity index (χ2n) is 12.7. The Morgan fingerprint density at radius 3 is 1.92 bits per heavy atom. The number of allylic oxidation sites excluding steroid dienone is 4. The number of hydrogen-bond donors (Lipinski definition) is 7. The van der Waals surface area contributed by atoms with Gasteiger partial charge in [-0.2, -0.15) is 0 Å². The number of carbonyl (C=O) groups excluding carboxylic acids is 1. The molecule has 0 aliphatic carbocycles. The Balaban J connectivity index is 1.75. The van der Waals surface area contributed by atoms with E-state index in [0.29, 0.717) is 13.0 Å². The van der Waals surface area contributed by atoms with Crippen LogP contribution in [0.15, 0.2) is 24.3 Å². The van der Waals surface area contributed by atoms with Gasteiger partial charge in [-0.25, -0.2) is 0 Å². The topological polar surface area (TPSA) is 214 Å². The summed E-state index contributed by atoms with van der Waals surface area (Å²) in [6.07, 6.45) is 4.48. The first-order chi connectivity index (χ1) is 23.6. The van der Waals surface area contributed by atoms with E-state index >= 15 is 0 Å². The summed E-state index contributed by atoms with van der Waals surface area (Å²) in [5.41, 5.74) is 0. The number of rotatable bonds is 25. The molecule has 2 saturated heterocycles. The highest BCUT2D eigenvalue weighted by Crippen LogP contribution is 2.26. The van der Waals surface area contributed by atoms with E-state index in [9.17, 15) is 40.5 Å². The van der Waals surface area contributed by atoms with Gasteiger partial charge in [-0.1, -0.05) is 70.3 Å². The Kier molecular flexibility index (Phi) is 22.6. The maximum absolute atomic E-state index is 12.2. The van der Waals surface area contributed by atoms with Crippen LogP contribution in [0.1, 0.15) is 90.9 Å². The van der Waals surface area contributed by atoms with Gasteiger partial charge in [-0.3, -0.25) is 4.79 Å². The molecule has 0 bridgehead atoms.